The Morgan fingerprint density at radius 2 is 1.32 bits per heavy atom. The summed E-state index contributed by atoms with van der Waals surface area (Å²) in [5.41, 5.74) is 1.24. The van der Waals surface area contributed by atoms with Gasteiger partial charge in [0.05, 0.1) is 12.7 Å². The van der Waals surface area contributed by atoms with Crippen molar-refractivity contribution in [2.45, 2.75) is 97.5 Å². The second-order valence-corrected chi connectivity index (χ2v) is 12.5. The van der Waals surface area contributed by atoms with Crippen LogP contribution >= 0.6 is 0 Å². The van der Waals surface area contributed by atoms with E-state index in [1.807, 2.05) is 0 Å². The van der Waals surface area contributed by atoms with Gasteiger partial charge in [0, 0.05) is 6.61 Å². The van der Waals surface area contributed by atoms with Crippen molar-refractivity contribution in [3.05, 3.63) is 12.7 Å². The molecule has 5 fully saturated rings. The van der Waals surface area contributed by atoms with E-state index in [0.29, 0.717) is 23.4 Å². The van der Waals surface area contributed by atoms with Crippen LogP contribution in [0.1, 0.15) is 91.4 Å². The first-order chi connectivity index (χ1) is 14.8. The molecule has 178 valence electrons. The Morgan fingerprint density at radius 1 is 0.774 bits per heavy atom. The Balaban J connectivity index is 0.000000535. The molecule has 3 heteroatoms. The van der Waals surface area contributed by atoms with Crippen LogP contribution in [-0.2, 0) is 0 Å². The van der Waals surface area contributed by atoms with E-state index in [2.05, 4.69) is 27.4 Å². The summed E-state index contributed by atoms with van der Waals surface area (Å²) >= 11 is 0. The standard InChI is InChI=1S/C25H42O2.C3H6O/c1-16-17-6-7-19-18(23(17,2)12-10-22(16)27)8-9-20-21-5-4-11-25(21,15-26)14-13-24(19,20)3;1-2-3-4/h16-22,26-27H,4-15H2,1-3H3;2,4H,1,3H2/t16?,17?,18?,19?,20?,21?,22?,23?,24-,25?;/m0./s1. The Morgan fingerprint density at radius 3 is 1.90 bits per heavy atom. The van der Waals surface area contributed by atoms with Crippen molar-refractivity contribution in [3.63, 3.8) is 0 Å². The largest absolute Gasteiger partial charge is 0.396 e. The zero-order chi connectivity index (χ0) is 22.4. The SMILES string of the molecule is C=CCO.CC1C(O)CCC2(C)C1CCC1C2CCC2C3CCCC3(CO)CC[C@]21C. The highest BCUT2D eigenvalue weighted by molar-refractivity contribution is 5.13. The molecule has 0 aliphatic heterocycles. The van der Waals surface area contributed by atoms with Crippen LogP contribution in [0.2, 0.25) is 0 Å². The molecule has 31 heavy (non-hydrogen) atoms. The summed E-state index contributed by atoms with van der Waals surface area (Å²) in [7, 11) is 0. The second kappa shape index (κ2) is 8.76. The first-order valence-corrected chi connectivity index (χ1v) is 13.3. The lowest BCUT2D eigenvalue weighted by Gasteiger charge is -2.67. The van der Waals surface area contributed by atoms with Crippen LogP contribution in [0.3, 0.4) is 0 Å². The van der Waals surface area contributed by atoms with Crippen LogP contribution in [0.5, 0.6) is 0 Å². The van der Waals surface area contributed by atoms with Crippen LogP contribution < -0.4 is 0 Å². The van der Waals surface area contributed by atoms with Crippen molar-refractivity contribution in [1.29, 1.82) is 0 Å². The van der Waals surface area contributed by atoms with Gasteiger partial charge in [-0.3, -0.25) is 0 Å². The number of hydrogen-bond acceptors (Lipinski definition) is 3. The number of fused-ring (bicyclic) bond motifs is 7. The van der Waals surface area contributed by atoms with Crippen LogP contribution in [0.25, 0.3) is 0 Å². The molecule has 3 nitrogen and oxygen atoms in total. The maximum absolute atomic E-state index is 10.5. The van der Waals surface area contributed by atoms with Gasteiger partial charge in [-0.2, -0.15) is 0 Å². The maximum Gasteiger partial charge on any atom is 0.0609 e. The Hall–Kier alpha value is -0.380. The smallest absolute Gasteiger partial charge is 0.0609 e. The third-order valence-electron chi connectivity index (χ3n) is 11.7. The third-order valence-corrected chi connectivity index (χ3v) is 11.7. The maximum atomic E-state index is 10.5. The average Bonchev–Trinajstić information content (AvgIpc) is 3.21. The zero-order valence-corrected chi connectivity index (χ0v) is 20.4. The van der Waals surface area contributed by atoms with E-state index < -0.39 is 0 Å². The van der Waals surface area contributed by atoms with Crippen molar-refractivity contribution < 1.29 is 15.3 Å². The number of rotatable bonds is 2. The van der Waals surface area contributed by atoms with E-state index in [-0.39, 0.29) is 18.1 Å². The van der Waals surface area contributed by atoms with Crippen molar-refractivity contribution in [3.8, 4) is 0 Å². The fourth-order valence-corrected chi connectivity index (χ4v) is 10.1. The van der Waals surface area contributed by atoms with E-state index in [1.54, 1.807) is 0 Å². The molecule has 0 aromatic heterocycles. The van der Waals surface area contributed by atoms with E-state index in [4.69, 9.17) is 5.11 Å². The fraction of sp³-hybridized carbons (Fsp3) is 0.929. The summed E-state index contributed by atoms with van der Waals surface area (Å²) < 4.78 is 0. The first kappa shape index (κ1) is 23.8. The van der Waals surface area contributed by atoms with E-state index in [1.165, 1.54) is 70.3 Å². The predicted molar refractivity (Wildman–Crippen MR) is 126 cm³/mol. The summed E-state index contributed by atoms with van der Waals surface area (Å²) in [5, 5.41) is 28.5. The molecule has 0 aromatic rings. The van der Waals surface area contributed by atoms with Crippen LogP contribution in [0.4, 0.5) is 0 Å². The molecule has 0 spiro atoms. The average molecular weight is 433 g/mol. The highest BCUT2D eigenvalue weighted by Gasteiger charge is 2.64. The van der Waals surface area contributed by atoms with Gasteiger partial charge in [0.2, 0.25) is 0 Å². The van der Waals surface area contributed by atoms with E-state index in [0.717, 1.165) is 36.0 Å². The zero-order valence-electron chi connectivity index (χ0n) is 20.4. The van der Waals surface area contributed by atoms with Crippen LogP contribution in [-0.4, -0.2) is 34.6 Å². The minimum Gasteiger partial charge on any atom is -0.396 e. The monoisotopic (exact) mass is 432 g/mol. The van der Waals surface area contributed by atoms with Gasteiger partial charge in [-0.25, -0.2) is 0 Å². The topological polar surface area (TPSA) is 60.7 Å². The molecule has 10 atom stereocenters. The molecule has 0 heterocycles. The van der Waals surface area contributed by atoms with Gasteiger partial charge in [-0.1, -0.05) is 33.3 Å². The highest BCUT2D eigenvalue weighted by Crippen LogP contribution is 2.71. The molecule has 5 saturated carbocycles. The van der Waals surface area contributed by atoms with Crippen molar-refractivity contribution in [2.24, 2.45) is 51.8 Å². The third kappa shape index (κ3) is 3.56. The van der Waals surface area contributed by atoms with Crippen LogP contribution in [0, 0.1) is 51.8 Å². The minimum absolute atomic E-state index is 0.0649. The molecule has 0 bridgehead atoms. The molecule has 0 saturated heterocycles. The second-order valence-electron chi connectivity index (χ2n) is 12.5. The molecule has 9 unspecified atom stereocenters. The Labute approximate surface area is 190 Å². The molecule has 5 rings (SSSR count). The van der Waals surface area contributed by atoms with Crippen LogP contribution in [0.15, 0.2) is 12.7 Å². The van der Waals surface area contributed by atoms with Crippen molar-refractivity contribution >= 4 is 0 Å². The highest BCUT2D eigenvalue weighted by atomic mass is 16.3. The number of aliphatic hydroxyl groups is 3. The predicted octanol–water partition coefficient (Wildman–Crippen LogP) is 5.58. The lowest BCUT2D eigenvalue weighted by molar-refractivity contribution is -0.190. The fourth-order valence-electron chi connectivity index (χ4n) is 10.1. The molecule has 5 aliphatic carbocycles. The van der Waals surface area contributed by atoms with Gasteiger partial charge in [-0.15, -0.1) is 6.58 Å². The van der Waals surface area contributed by atoms with Gasteiger partial charge in [0.15, 0.2) is 0 Å². The summed E-state index contributed by atoms with van der Waals surface area (Å²) in [6.07, 6.45) is 15.8. The van der Waals surface area contributed by atoms with Gasteiger partial charge in [0.1, 0.15) is 0 Å². The Kier molecular flexibility index (Phi) is 6.72. The molecular formula is C28H48O3. The summed E-state index contributed by atoms with van der Waals surface area (Å²) in [4.78, 5) is 0. The minimum atomic E-state index is -0.0649. The lowest BCUT2D eigenvalue weighted by Crippen LogP contribution is -2.60. The van der Waals surface area contributed by atoms with Crippen molar-refractivity contribution in [1.82, 2.24) is 0 Å². The van der Waals surface area contributed by atoms with Gasteiger partial charge in [0.25, 0.3) is 0 Å². The van der Waals surface area contributed by atoms with Crippen molar-refractivity contribution in [2.75, 3.05) is 13.2 Å². The normalized spacial score (nSPS) is 53.2. The molecule has 5 aliphatic rings. The molecule has 0 amide bonds. The number of aliphatic hydroxyl groups excluding tert-OH is 3. The quantitative estimate of drug-likeness (QED) is 0.499. The van der Waals surface area contributed by atoms with Gasteiger partial charge >= 0.3 is 0 Å². The van der Waals surface area contributed by atoms with Gasteiger partial charge in [-0.05, 0) is 116 Å². The summed E-state index contributed by atoms with van der Waals surface area (Å²) in [6.45, 7) is 11.4. The molecule has 0 radical (unpaired) electrons. The Bertz CT molecular complexity index is 648. The number of hydrogen-bond donors (Lipinski definition) is 3. The molecular weight excluding hydrogens is 384 g/mol. The van der Waals surface area contributed by atoms with E-state index in [9.17, 15) is 10.2 Å². The van der Waals surface area contributed by atoms with Gasteiger partial charge < -0.3 is 15.3 Å². The summed E-state index contributed by atoms with van der Waals surface area (Å²) in [5.74, 6) is 4.62. The lowest BCUT2D eigenvalue weighted by atomic mass is 9.38. The molecule has 3 N–H and O–H groups in total. The molecule has 0 aromatic carbocycles. The first-order valence-electron chi connectivity index (χ1n) is 13.3. The summed E-state index contributed by atoms with van der Waals surface area (Å²) in [6, 6.07) is 0. The van der Waals surface area contributed by atoms with E-state index >= 15 is 0 Å².